The zero-order valence-electron chi connectivity index (χ0n) is 11.7. The number of hydrogen-bond acceptors (Lipinski definition) is 4. The summed E-state index contributed by atoms with van der Waals surface area (Å²) in [6, 6.07) is 0. The van der Waals surface area contributed by atoms with Crippen molar-refractivity contribution >= 4 is 17.2 Å². The lowest BCUT2D eigenvalue weighted by Crippen LogP contribution is -2.52. The molecule has 1 aliphatic rings. The van der Waals surface area contributed by atoms with Crippen molar-refractivity contribution in [2.45, 2.75) is 25.2 Å². The zero-order valence-corrected chi connectivity index (χ0v) is 12.5. The third kappa shape index (κ3) is 3.16. The molecule has 1 aliphatic heterocycles. The van der Waals surface area contributed by atoms with Crippen LogP contribution in [0.15, 0.2) is 5.38 Å². The van der Waals surface area contributed by atoms with Crippen molar-refractivity contribution in [1.29, 1.82) is 0 Å². The van der Waals surface area contributed by atoms with Crippen molar-refractivity contribution in [2.24, 2.45) is 11.1 Å². The van der Waals surface area contributed by atoms with E-state index in [-0.39, 0.29) is 12.2 Å². The third-order valence-electron chi connectivity index (χ3n) is 3.77. The number of alkyl halides is 6. The molecule has 23 heavy (non-hydrogen) atoms. The first kappa shape index (κ1) is 18.0. The number of thiazole rings is 1. The van der Waals surface area contributed by atoms with E-state index in [0.717, 1.165) is 11.3 Å². The lowest BCUT2D eigenvalue weighted by atomic mass is 9.85. The maximum Gasteiger partial charge on any atom is 0.404 e. The molecule has 0 saturated carbocycles. The van der Waals surface area contributed by atoms with Crippen LogP contribution in [0.1, 0.15) is 21.9 Å². The first-order valence-corrected chi connectivity index (χ1v) is 7.47. The van der Waals surface area contributed by atoms with E-state index in [9.17, 15) is 31.1 Å². The molecule has 11 heteroatoms. The molecule has 0 atom stereocenters. The molecule has 0 unspecified atom stereocenters. The molecule has 1 aromatic heterocycles. The van der Waals surface area contributed by atoms with Gasteiger partial charge in [-0.1, -0.05) is 0 Å². The fraction of sp³-hybridized carbons (Fsp3) is 0.667. The Balaban J connectivity index is 2.21. The number of aromatic nitrogens is 1. The fourth-order valence-electron chi connectivity index (χ4n) is 2.42. The topological polar surface area (TPSA) is 59.2 Å². The lowest BCUT2D eigenvalue weighted by Gasteiger charge is -2.33. The highest BCUT2D eigenvalue weighted by molar-refractivity contribution is 7.09. The standard InChI is InChI=1S/C12H13F6N3OS/c13-11(14,15)10(12(16,17)18)2-4-21(6-10)9(22)7-5-23-8(20-7)1-3-19/h5H,1-4,6,19H2. The summed E-state index contributed by atoms with van der Waals surface area (Å²) in [5.41, 5.74) is 1.28. The number of nitrogens with two attached hydrogens (primary N) is 1. The maximum atomic E-state index is 13.0. The van der Waals surface area contributed by atoms with Crippen LogP contribution >= 0.6 is 11.3 Å². The molecule has 130 valence electrons. The molecule has 0 radical (unpaired) electrons. The molecule has 4 nitrogen and oxygen atoms in total. The highest BCUT2D eigenvalue weighted by Gasteiger charge is 2.72. The second-order valence-electron chi connectivity index (χ2n) is 5.22. The molecular formula is C12H13F6N3OS. The number of nitrogens with zero attached hydrogens (tertiary/aromatic N) is 2. The lowest BCUT2D eigenvalue weighted by molar-refractivity contribution is -0.334. The Morgan fingerprint density at radius 1 is 1.30 bits per heavy atom. The van der Waals surface area contributed by atoms with E-state index < -0.39 is 43.2 Å². The monoisotopic (exact) mass is 361 g/mol. The van der Waals surface area contributed by atoms with E-state index in [1.165, 1.54) is 5.38 Å². The summed E-state index contributed by atoms with van der Waals surface area (Å²) in [5.74, 6) is -0.931. The van der Waals surface area contributed by atoms with Gasteiger partial charge < -0.3 is 10.6 Å². The van der Waals surface area contributed by atoms with Crippen molar-refractivity contribution in [3.8, 4) is 0 Å². The van der Waals surface area contributed by atoms with Crippen LogP contribution in [0, 0.1) is 5.41 Å². The van der Waals surface area contributed by atoms with E-state index in [1.807, 2.05) is 0 Å². The van der Waals surface area contributed by atoms with E-state index in [4.69, 9.17) is 5.73 Å². The van der Waals surface area contributed by atoms with Gasteiger partial charge in [0.15, 0.2) is 5.41 Å². The van der Waals surface area contributed by atoms with Crippen LogP contribution < -0.4 is 5.73 Å². The first-order chi connectivity index (χ1) is 10.5. The average molecular weight is 361 g/mol. The number of carbonyl (C=O) groups excluding carboxylic acids is 1. The summed E-state index contributed by atoms with van der Waals surface area (Å²) in [6.45, 7) is -1.79. The Morgan fingerprint density at radius 3 is 2.39 bits per heavy atom. The molecule has 1 amide bonds. The van der Waals surface area contributed by atoms with Gasteiger partial charge in [-0.15, -0.1) is 11.3 Å². The maximum absolute atomic E-state index is 13.0. The van der Waals surface area contributed by atoms with Gasteiger partial charge in [0.2, 0.25) is 0 Å². The van der Waals surface area contributed by atoms with Crippen molar-refractivity contribution in [2.75, 3.05) is 19.6 Å². The van der Waals surface area contributed by atoms with Crippen molar-refractivity contribution in [1.82, 2.24) is 9.88 Å². The Hall–Kier alpha value is -1.36. The zero-order chi connectivity index (χ0) is 17.5. The Morgan fingerprint density at radius 2 is 1.91 bits per heavy atom. The summed E-state index contributed by atoms with van der Waals surface area (Å²) < 4.78 is 77.8. The molecule has 1 aromatic rings. The van der Waals surface area contributed by atoms with Gasteiger partial charge in [-0.3, -0.25) is 4.79 Å². The molecule has 0 aliphatic carbocycles. The van der Waals surface area contributed by atoms with Crippen LogP contribution in [0.5, 0.6) is 0 Å². The average Bonchev–Trinajstić information content (AvgIpc) is 3.03. The molecule has 1 fully saturated rings. The summed E-state index contributed by atoms with van der Waals surface area (Å²) in [4.78, 5) is 16.6. The summed E-state index contributed by atoms with van der Waals surface area (Å²) >= 11 is 1.09. The summed E-state index contributed by atoms with van der Waals surface area (Å²) in [5, 5.41) is 1.82. The summed E-state index contributed by atoms with van der Waals surface area (Å²) in [6.07, 6.45) is -11.8. The first-order valence-electron chi connectivity index (χ1n) is 6.59. The fourth-order valence-corrected chi connectivity index (χ4v) is 3.20. The van der Waals surface area contributed by atoms with E-state index in [1.54, 1.807) is 0 Å². The Bertz CT molecular complexity index is 568. The predicted octanol–water partition coefficient (Wildman–Crippen LogP) is 2.60. The molecule has 1 saturated heterocycles. The van der Waals surface area contributed by atoms with Gasteiger partial charge in [0, 0.05) is 24.9 Å². The minimum absolute atomic E-state index is 0.154. The highest BCUT2D eigenvalue weighted by Crippen LogP contribution is 2.55. The SMILES string of the molecule is NCCc1nc(C(=O)N2CCC(C(F)(F)F)(C(F)(F)F)C2)cs1. The normalized spacial score (nSPS) is 18.5. The van der Waals surface area contributed by atoms with Gasteiger partial charge >= 0.3 is 12.4 Å². The molecule has 2 N–H and O–H groups in total. The van der Waals surface area contributed by atoms with E-state index in [2.05, 4.69) is 4.98 Å². The molecule has 0 aromatic carbocycles. The van der Waals surface area contributed by atoms with Gasteiger partial charge in [0.1, 0.15) is 5.69 Å². The van der Waals surface area contributed by atoms with Crippen LogP contribution in [-0.2, 0) is 6.42 Å². The van der Waals surface area contributed by atoms with E-state index >= 15 is 0 Å². The molecule has 0 spiro atoms. The predicted molar refractivity (Wildman–Crippen MR) is 69.9 cm³/mol. The van der Waals surface area contributed by atoms with Gasteiger partial charge in [-0.25, -0.2) is 4.98 Å². The smallest absolute Gasteiger partial charge is 0.336 e. The number of likely N-dealkylation sites (tertiary alicyclic amines) is 1. The molecular weight excluding hydrogens is 348 g/mol. The van der Waals surface area contributed by atoms with Crippen LogP contribution in [0.3, 0.4) is 0 Å². The Kier molecular flexibility index (Phi) is 4.64. The minimum atomic E-state index is -5.48. The van der Waals surface area contributed by atoms with Crippen LogP contribution in [0.2, 0.25) is 0 Å². The quantitative estimate of drug-likeness (QED) is 0.842. The molecule has 2 rings (SSSR count). The second kappa shape index (κ2) is 5.93. The van der Waals surface area contributed by atoms with Crippen LogP contribution in [0.4, 0.5) is 26.3 Å². The van der Waals surface area contributed by atoms with Crippen molar-refractivity contribution in [3.05, 3.63) is 16.1 Å². The largest absolute Gasteiger partial charge is 0.404 e. The van der Waals surface area contributed by atoms with Crippen LogP contribution in [-0.4, -0.2) is 47.8 Å². The number of halogens is 6. The number of rotatable bonds is 3. The van der Waals surface area contributed by atoms with Gasteiger partial charge in [-0.05, 0) is 13.0 Å². The van der Waals surface area contributed by atoms with Crippen molar-refractivity contribution < 1.29 is 31.1 Å². The summed E-state index contributed by atoms with van der Waals surface area (Å²) in [7, 11) is 0. The number of hydrogen-bond donors (Lipinski definition) is 1. The van der Waals surface area contributed by atoms with Gasteiger partial charge in [0.25, 0.3) is 5.91 Å². The molecule has 2 heterocycles. The highest BCUT2D eigenvalue weighted by atomic mass is 32.1. The Labute approximate surface area is 131 Å². The van der Waals surface area contributed by atoms with Crippen LogP contribution in [0.25, 0.3) is 0 Å². The van der Waals surface area contributed by atoms with E-state index in [0.29, 0.717) is 16.3 Å². The number of carbonyl (C=O) groups is 1. The van der Waals surface area contributed by atoms with Gasteiger partial charge in [0.05, 0.1) is 5.01 Å². The second-order valence-corrected chi connectivity index (χ2v) is 6.16. The number of amides is 1. The minimum Gasteiger partial charge on any atom is -0.336 e. The van der Waals surface area contributed by atoms with Gasteiger partial charge in [-0.2, -0.15) is 26.3 Å². The van der Waals surface area contributed by atoms with Crippen molar-refractivity contribution in [3.63, 3.8) is 0 Å². The third-order valence-corrected chi connectivity index (χ3v) is 4.68. The molecule has 0 bridgehead atoms.